The van der Waals surface area contributed by atoms with Crippen LogP contribution >= 0.6 is 31.9 Å². The molecule has 0 aromatic heterocycles. The summed E-state index contributed by atoms with van der Waals surface area (Å²) in [7, 11) is -2.83. The van der Waals surface area contributed by atoms with Crippen LogP contribution in [0.3, 0.4) is 0 Å². The highest BCUT2D eigenvalue weighted by atomic mass is 79.9. The average molecular weight is 398 g/mol. The molecule has 1 aromatic carbocycles. The first-order valence-electron chi connectivity index (χ1n) is 5.89. The quantitative estimate of drug-likeness (QED) is 0.655. The highest BCUT2D eigenvalue weighted by Crippen LogP contribution is 2.23. The molecule has 1 aromatic rings. The summed E-state index contributed by atoms with van der Waals surface area (Å²) in [6.07, 6.45) is 3.93. The van der Waals surface area contributed by atoms with Crippen molar-refractivity contribution in [1.29, 1.82) is 0 Å². The van der Waals surface area contributed by atoms with E-state index < -0.39 is 9.84 Å². The number of halogens is 2. The van der Waals surface area contributed by atoms with Crippen LogP contribution in [0, 0.1) is 5.92 Å². The Morgan fingerprint density at radius 3 is 2.50 bits per heavy atom. The standard InChI is InChI=1S/C13H18Br2O2S/c1-18(16,17)8-4-5-11(10-14)9-12-6-2-3-7-13(12)15/h2-3,6-7,11H,4-5,8-10H2,1H3. The molecule has 1 unspecified atom stereocenters. The minimum absolute atomic E-state index is 0.284. The van der Waals surface area contributed by atoms with Gasteiger partial charge >= 0.3 is 0 Å². The van der Waals surface area contributed by atoms with E-state index in [9.17, 15) is 8.42 Å². The molecule has 0 saturated carbocycles. The van der Waals surface area contributed by atoms with Crippen molar-refractivity contribution < 1.29 is 8.42 Å². The second-order valence-corrected chi connectivity index (χ2v) is 8.35. The van der Waals surface area contributed by atoms with Gasteiger partial charge in [-0.2, -0.15) is 0 Å². The van der Waals surface area contributed by atoms with Gasteiger partial charge in [0.1, 0.15) is 9.84 Å². The summed E-state index contributed by atoms with van der Waals surface area (Å²) in [6, 6.07) is 8.18. The van der Waals surface area contributed by atoms with Gasteiger partial charge in [0.15, 0.2) is 0 Å². The Kier molecular flexibility index (Phi) is 6.88. The van der Waals surface area contributed by atoms with Crippen molar-refractivity contribution in [2.24, 2.45) is 5.92 Å². The largest absolute Gasteiger partial charge is 0.229 e. The van der Waals surface area contributed by atoms with E-state index in [1.54, 1.807) is 0 Å². The molecule has 0 aliphatic rings. The molecule has 1 rings (SSSR count). The fourth-order valence-electron chi connectivity index (χ4n) is 1.84. The van der Waals surface area contributed by atoms with E-state index in [2.05, 4.69) is 37.9 Å². The van der Waals surface area contributed by atoms with Gasteiger partial charge in [-0.3, -0.25) is 0 Å². The van der Waals surface area contributed by atoms with E-state index in [1.807, 2.05) is 18.2 Å². The normalized spacial score (nSPS) is 13.5. The lowest BCUT2D eigenvalue weighted by Gasteiger charge is -2.14. The Balaban J connectivity index is 2.50. The summed E-state index contributed by atoms with van der Waals surface area (Å²) < 4.78 is 23.3. The molecule has 0 aliphatic carbocycles. The highest BCUT2D eigenvalue weighted by Gasteiger charge is 2.11. The van der Waals surface area contributed by atoms with E-state index >= 15 is 0 Å². The average Bonchev–Trinajstić information content (AvgIpc) is 2.29. The van der Waals surface area contributed by atoms with Crippen molar-refractivity contribution in [3.05, 3.63) is 34.3 Å². The molecular weight excluding hydrogens is 380 g/mol. The molecule has 0 fully saturated rings. The van der Waals surface area contributed by atoms with Crippen LogP contribution in [0.4, 0.5) is 0 Å². The maximum absolute atomic E-state index is 11.1. The molecule has 2 nitrogen and oxygen atoms in total. The van der Waals surface area contributed by atoms with Gasteiger partial charge < -0.3 is 0 Å². The molecule has 0 bridgehead atoms. The third kappa shape index (κ3) is 6.34. The molecule has 0 N–H and O–H groups in total. The summed E-state index contributed by atoms with van der Waals surface area (Å²) >= 11 is 7.06. The van der Waals surface area contributed by atoms with Crippen molar-refractivity contribution in [3.63, 3.8) is 0 Å². The number of benzene rings is 1. The fourth-order valence-corrected chi connectivity index (χ4v) is 3.53. The van der Waals surface area contributed by atoms with Crippen molar-refractivity contribution >= 4 is 41.7 Å². The summed E-state index contributed by atoms with van der Waals surface area (Å²) in [6.45, 7) is 0. The summed E-state index contributed by atoms with van der Waals surface area (Å²) in [5.74, 6) is 0.761. The van der Waals surface area contributed by atoms with Gasteiger partial charge in [-0.15, -0.1) is 0 Å². The number of hydrogen-bond acceptors (Lipinski definition) is 2. The predicted molar refractivity (Wildman–Crippen MR) is 84.1 cm³/mol. The minimum atomic E-state index is -2.83. The molecule has 0 saturated heterocycles. The molecule has 0 spiro atoms. The molecule has 0 radical (unpaired) electrons. The first-order chi connectivity index (χ1) is 8.42. The van der Waals surface area contributed by atoms with Crippen LogP contribution in [0.25, 0.3) is 0 Å². The van der Waals surface area contributed by atoms with Gasteiger partial charge in [0.2, 0.25) is 0 Å². The first-order valence-corrected chi connectivity index (χ1v) is 9.87. The maximum Gasteiger partial charge on any atom is 0.147 e. The van der Waals surface area contributed by atoms with E-state index in [1.165, 1.54) is 11.8 Å². The van der Waals surface area contributed by atoms with Crippen LogP contribution < -0.4 is 0 Å². The lowest BCUT2D eigenvalue weighted by atomic mass is 9.97. The Morgan fingerprint density at radius 2 is 1.94 bits per heavy atom. The van der Waals surface area contributed by atoms with E-state index in [0.29, 0.717) is 5.92 Å². The zero-order valence-corrected chi connectivity index (χ0v) is 14.4. The van der Waals surface area contributed by atoms with E-state index in [4.69, 9.17) is 0 Å². The maximum atomic E-state index is 11.1. The number of alkyl halides is 1. The van der Waals surface area contributed by atoms with Gasteiger partial charge in [0.05, 0.1) is 0 Å². The van der Waals surface area contributed by atoms with E-state index in [-0.39, 0.29) is 5.75 Å². The minimum Gasteiger partial charge on any atom is -0.229 e. The van der Waals surface area contributed by atoms with Crippen LogP contribution in [0.5, 0.6) is 0 Å². The van der Waals surface area contributed by atoms with E-state index in [0.717, 1.165) is 29.1 Å². The molecule has 1 atom stereocenters. The van der Waals surface area contributed by atoms with Crippen molar-refractivity contribution in [2.75, 3.05) is 17.3 Å². The Labute approximate surface area is 126 Å². The lowest BCUT2D eigenvalue weighted by Crippen LogP contribution is -2.10. The van der Waals surface area contributed by atoms with Gasteiger partial charge in [-0.05, 0) is 36.8 Å². The first kappa shape index (κ1) is 16.2. The summed E-state index contributed by atoms with van der Waals surface area (Å²) in [4.78, 5) is 0. The topological polar surface area (TPSA) is 34.1 Å². The third-order valence-corrected chi connectivity index (χ3v) is 5.53. The monoisotopic (exact) mass is 396 g/mol. The molecule has 0 heterocycles. The third-order valence-electron chi connectivity index (χ3n) is 2.81. The van der Waals surface area contributed by atoms with Crippen LogP contribution in [0.2, 0.25) is 0 Å². The number of hydrogen-bond donors (Lipinski definition) is 0. The Morgan fingerprint density at radius 1 is 1.28 bits per heavy atom. The Hall–Kier alpha value is 0.130. The summed E-state index contributed by atoms with van der Waals surface area (Å²) in [5.41, 5.74) is 1.28. The second-order valence-electron chi connectivity index (χ2n) is 4.59. The van der Waals surface area contributed by atoms with Gasteiger partial charge in [-0.1, -0.05) is 50.1 Å². The fraction of sp³-hybridized carbons (Fsp3) is 0.538. The Bertz CT molecular complexity index is 472. The summed E-state index contributed by atoms with van der Waals surface area (Å²) in [5, 5.41) is 0.901. The molecule has 18 heavy (non-hydrogen) atoms. The number of rotatable bonds is 7. The van der Waals surface area contributed by atoms with Crippen molar-refractivity contribution in [2.45, 2.75) is 19.3 Å². The van der Waals surface area contributed by atoms with Gasteiger partial charge in [-0.25, -0.2) is 8.42 Å². The van der Waals surface area contributed by atoms with Crippen LogP contribution in [0.1, 0.15) is 18.4 Å². The highest BCUT2D eigenvalue weighted by molar-refractivity contribution is 9.10. The molecule has 102 valence electrons. The number of sulfone groups is 1. The smallest absolute Gasteiger partial charge is 0.147 e. The SMILES string of the molecule is CS(=O)(=O)CCCC(CBr)Cc1ccccc1Br. The predicted octanol–water partition coefficient (Wildman–Crippen LogP) is 3.83. The van der Waals surface area contributed by atoms with Crippen molar-refractivity contribution in [1.82, 2.24) is 0 Å². The van der Waals surface area contributed by atoms with Gasteiger partial charge in [0, 0.05) is 21.8 Å². The molecular formula is C13H18Br2O2S. The second kappa shape index (κ2) is 7.65. The van der Waals surface area contributed by atoms with Gasteiger partial charge in [0.25, 0.3) is 0 Å². The van der Waals surface area contributed by atoms with Crippen LogP contribution in [0.15, 0.2) is 28.7 Å². The van der Waals surface area contributed by atoms with Crippen molar-refractivity contribution in [3.8, 4) is 0 Å². The lowest BCUT2D eigenvalue weighted by molar-refractivity contribution is 0.528. The molecule has 0 amide bonds. The zero-order valence-electron chi connectivity index (χ0n) is 10.4. The molecule has 5 heteroatoms. The van der Waals surface area contributed by atoms with Crippen LogP contribution in [-0.2, 0) is 16.3 Å². The molecule has 0 aliphatic heterocycles. The zero-order chi connectivity index (χ0) is 13.6. The van der Waals surface area contributed by atoms with Crippen LogP contribution in [-0.4, -0.2) is 25.8 Å².